The lowest BCUT2D eigenvalue weighted by Crippen LogP contribution is -2.63. The van der Waals surface area contributed by atoms with Gasteiger partial charge in [-0.15, -0.1) is 0 Å². The Labute approximate surface area is 163 Å². The van der Waals surface area contributed by atoms with Gasteiger partial charge >= 0.3 is 0 Å². The van der Waals surface area contributed by atoms with Gasteiger partial charge in [-0.05, 0) is 19.4 Å². The van der Waals surface area contributed by atoms with E-state index in [0.29, 0.717) is 0 Å². The molecule has 0 aliphatic carbocycles. The zero-order valence-electron chi connectivity index (χ0n) is 15.7. The lowest BCUT2D eigenvalue weighted by Gasteiger charge is -2.45. The van der Waals surface area contributed by atoms with Gasteiger partial charge in [-0.3, -0.25) is 0 Å². The highest BCUT2D eigenvalue weighted by Crippen LogP contribution is 2.29. The highest BCUT2D eigenvalue weighted by atomic mass is 16.7. The summed E-state index contributed by atoms with van der Waals surface area (Å²) in [6.45, 7) is 3.35. The van der Waals surface area contributed by atoms with Gasteiger partial charge < -0.3 is 44.5 Å². The Balaban J connectivity index is 1.60. The van der Waals surface area contributed by atoms with E-state index in [1.165, 1.54) is 6.92 Å². The van der Waals surface area contributed by atoms with E-state index < -0.39 is 61.4 Å². The van der Waals surface area contributed by atoms with Crippen molar-refractivity contribution in [3.05, 3.63) is 35.9 Å². The summed E-state index contributed by atoms with van der Waals surface area (Å²) in [7, 11) is 0. The van der Waals surface area contributed by atoms with Crippen molar-refractivity contribution in [3.8, 4) is 0 Å². The molecule has 2 fully saturated rings. The van der Waals surface area contributed by atoms with E-state index in [9.17, 15) is 25.5 Å². The Kier molecular flexibility index (Phi) is 7.02. The molecule has 158 valence electrons. The molecular formula is C19H28O9. The van der Waals surface area contributed by atoms with Gasteiger partial charge in [-0.1, -0.05) is 30.3 Å². The van der Waals surface area contributed by atoms with Crippen LogP contribution in [0.5, 0.6) is 0 Å². The monoisotopic (exact) mass is 400 g/mol. The van der Waals surface area contributed by atoms with Crippen molar-refractivity contribution in [1.82, 2.24) is 0 Å². The summed E-state index contributed by atoms with van der Waals surface area (Å²) >= 11 is 0. The van der Waals surface area contributed by atoms with Crippen molar-refractivity contribution in [2.75, 3.05) is 0 Å². The van der Waals surface area contributed by atoms with Crippen LogP contribution in [-0.4, -0.2) is 86.9 Å². The van der Waals surface area contributed by atoms with Crippen LogP contribution in [0.1, 0.15) is 19.4 Å². The van der Waals surface area contributed by atoms with Crippen LogP contribution in [0.4, 0.5) is 0 Å². The topological polar surface area (TPSA) is 138 Å². The van der Waals surface area contributed by atoms with Crippen molar-refractivity contribution in [2.45, 2.75) is 81.9 Å². The van der Waals surface area contributed by atoms with Gasteiger partial charge in [0.05, 0.1) is 18.8 Å². The molecule has 0 unspecified atom stereocenters. The van der Waals surface area contributed by atoms with Crippen molar-refractivity contribution in [1.29, 1.82) is 0 Å². The fourth-order valence-corrected chi connectivity index (χ4v) is 3.36. The maximum Gasteiger partial charge on any atom is 0.187 e. The predicted octanol–water partition coefficient (Wildman–Crippen LogP) is -1.12. The van der Waals surface area contributed by atoms with Gasteiger partial charge in [-0.25, -0.2) is 0 Å². The van der Waals surface area contributed by atoms with Crippen molar-refractivity contribution < 1.29 is 44.5 Å². The van der Waals surface area contributed by atoms with Gasteiger partial charge in [0.25, 0.3) is 0 Å². The molecular weight excluding hydrogens is 372 g/mol. The molecule has 3 rings (SSSR count). The van der Waals surface area contributed by atoms with Crippen LogP contribution in [0.15, 0.2) is 30.3 Å². The number of aliphatic hydroxyl groups is 5. The van der Waals surface area contributed by atoms with Crippen LogP contribution in [0.25, 0.3) is 0 Å². The Hall–Kier alpha value is -1.14. The maximum absolute atomic E-state index is 10.5. The third kappa shape index (κ3) is 4.54. The number of rotatable bonds is 5. The molecule has 2 saturated heterocycles. The number of hydrogen-bond acceptors (Lipinski definition) is 9. The molecule has 0 amide bonds. The lowest BCUT2D eigenvalue weighted by molar-refractivity contribution is -0.353. The van der Waals surface area contributed by atoms with Crippen LogP contribution < -0.4 is 0 Å². The molecule has 28 heavy (non-hydrogen) atoms. The zero-order valence-corrected chi connectivity index (χ0v) is 15.7. The van der Waals surface area contributed by atoms with Crippen LogP contribution in [-0.2, 0) is 25.6 Å². The Morgan fingerprint density at radius 3 is 2.04 bits per heavy atom. The average molecular weight is 400 g/mol. The summed E-state index contributed by atoms with van der Waals surface area (Å²) in [6, 6.07) is 9.33. The first-order chi connectivity index (χ1) is 13.3. The number of benzene rings is 1. The predicted molar refractivity (Wildman–Crippen MR) is 94.8 cm³/mol. The first kappa shape index (κ1) is 21.6. The molecule has 0 aromatic heterocycles. The van der Waals surface area contributed by atoms with Gasteiger partial charge in [0.1, 0.15) is 36.6 Å². The standard InChI is InChI=1S/C19H28O9/c1-9-12(20)13(21)15(23)19(26-9)28-17-10(2)27-18(16(24)14(17)22)25-8-11-6-4-3-5-7-11/h3-7,9-10,12-24H,8H2,1-2H3/t9-,10-,12-,13+,14-,15+,16+,17-,18+,19-/m0/s1. The molecule has 2 heterocycles. The van der Waals surface area contributed by atoms with Crippen LogP contribution in [0.3, 0.4) is 0 Å². The Morgan fingerprint density at radius 1 is 0.750 bits per heavy atom. The summed E-state index contributed by atoms with van der Waals surface area (Å²) < 4.78 is 22.2. The fraction of sp³-hybridized carbons (Fsp3) is 0.684. The van der Waals surface area contributed by atoms with E-state index in [0.717, 1.165) is 5.56 Å². The largest absolute Gasteiger partial charge is 0.388 e. The third-order valence-electron chi connectivity index (χ3n) is 5.13. The summed E-state index contributed by atoms with van der Waals surface area (Å²) in [6.07, 6.45) is -11.9. The first-order valence-electron chi connectivity index (χ1n) is 9.32. The Bertz CT molecular complexity index is 615. The molecule has 0 saturated carbocycles. The second-order valence-corrected chi connectivity index (χ2v) is 7.27. The quantitative estimate of drug-likeness (QED) is 0.416. The second-order valence-electron chi connectivity index (χ2n) is 7.27. The minimum atomic E-state index is -1.52. The summed E-state index contributed by atoms with van der Waals surface area (Å²) in [5, 5.41) is 50.6. The van der Waals surface area contributed by atoms with E-state index in [1.807, 2.05) is 30.3 Å². The molecule has 9 nitrogen and oxygen atoms in total. The minimum absolute atomic E-state index is 0.194. The molecule has 1 aromatic carbocycles. The van der Waals surface area contributed by atoms with Crippen LogP contribution in [0, 0.1) is 0 Å². The molecule has 2 aliphatic heterocycles. The molecule has 9 heteroatoms. The minimum Gasteiger partial charge on any atom is -0.388 e. The van der Waals surface area contributed by atoms with Gasteiger partial charge in [-0.2, -0.15) is 0 Å². The molecule has 0 spiro atoms. The van der Waals surface area contributed by atoms with E-state index in [2.05, 4.69) is 0 Å². The van der Waals surface area contributed by atoms with E-state index >= 15 is 0 Å². The van der Waals surface area contributed by atoms with Gasteiger partial charge in [0, 0.05) is 0 Å². The number of ether oxygens (including phenoxy) is 4. The van der Waals surface area contributed by atoms with Crippen LogP contribution in [0.2, 0.25) is 0 Å². The third-order valence-corrected chi connectivity index (χ3v) is 5.13. The molecule has 2 aliphatic rings. The van der Waals surface area contributed by atoms with E-state index in [4.69, 9.17) is 18.9 Å². The summed E-state index contributed by atoms with van der Waals surface area (Å²) in [5.41, 5.74) is 0.888. The highest BCUT2D eigenvalue weighted by Gasteiger charge is 2.49. The number of hydrogen-bond donors (Lipinski definition) is 5. The SMILES string of the molecule is C[C@@H]1O[C@@H](O[C@@H]2[C@@H](O)[C@@H](O)[C@H](OCc3ccccc3)O[C@H]2C)[C@H](O)[C@H](O)[C@H]1O. The van der Waals surface area contributed by atoms with Crippen molar-refractivity contribution in [2.24, 2.45) is 0 Å². The van der Waals surface area contributed by atoms with Crippen LogP contribution >= 0.6 is 0 Å². The van der Waals surface area contributed by atoms with E-state index in [-0.39, 0.29) is 6.61 Å². The van der Waals surface area contributed by atoms with Crippen molar-refractivity contribution >= 4 is 0 Å². The van der Waals surface area contributed by atoms with Gasteiger partial charge in [0.2, 0.25) is 0 Å². The van der Waals surface area contributed by atoms with Crippen molar-refractivity contribution in [3.63, 3.8) is 0 Å². The number of aliphatic hydroxyl groups excluding tert-OH is 5. The molecule has 5 N–H and O–H groups in total. The maximum atomic E-state index is 10.5. The molecule has 0 radical (unpaired) electrons. The van der Waals surface area contributed by atoms with E-state index in [1.54, 1.807) is 6.92 Å². The smallest absolute Gasteiger partial charge is 0.187 e. The summed E-state index contributed by atoms with van der Waals surface area (Å²) in [5.74, 6) is 0. The summed E-state index contributed by atoms with van der Waals surface area (Å²) in [4.78, 5) is 0. The lowest BCUT2D eigenvalue weighted by atomic mass is 9.97. The highest BCUT2D eigenvalue weighted by molar-refractivity contribution is 5.13. The second kappa shape index (κ2) is 9.12. The molecule has 10 atom stereocenters. The molecule has 0 bridgehead atoms. The fourth-order valence-electron chi connectivity index (χ4n) is 3.36. The normalized spacial score (nSPS) is 44.4. The first-order valence-corrected chi connectivity index (χ1v) is 9.32. The Morgan fingerprint density at radius 2 is 1.36 bits per heavy atom. The van der Waals surface area contributed by atoms with Gasteiger partial charge in [0.15, 0.2) is 12.6 Å². The zero-order chi connectivity index (χ0) is 20.4. The molecule has 1 aromatic rings. The average Bonchev–Trinajstić information content (AvgIpc) is 2.69.